The molecule has 2 aromatic rings. The summed E-state index contributed by atoms with van der Waals surface area (Å²) in [5, 5.41) is 3.61. The monoisotopic (exact) mass is 408 g/mol. The van der Waals surface area contributed by atoms with E-state index < -0.39 is 0 Å². The van der Waals surface area contributed by atoms with E-state index in [1.165, 1.54) is 10.6 Å². The van der Waals surface area contributed by atoms with Crippen LogP contribution in [0, 0.1) is 0 Å². The van der Waals surface area contributed by atoms with E-state index in [4.69, 9.17) is 0 Å². The lowest BCUT2D eigenvalue weighted by Gasteiger charge is -2.46. The Bertz CT molecular complexity index is 767. The summed E-state index contributed by atoms with van der Waals surface area (Å²) in [6.07, 6.45) is 8.38. The van der Waals surface area contributed by atoms with Crippen LogP contribution in [-0.4, -0.2) is 22.1 Å². The molecule has 28 heavy (non-hydrogen) atoms. The molecular formula is C26H34P2. The lowest BCUT2D eigenvalue weighted by Crippen LogP contribution is -2.32. The maximum Gasteiger partial charge on any atom is 0.0199 e. The summed E-state index contributed by atoms with van der Waals surface area (Å²) in [7, 11) is -0.579. The van der Waals surface area contributed by atoms with Gasteiger partial charge in [-0.05, 0) is 35.0 Å². The Balaban J connectivity index is 1.95. The summed E-state index contributed by atoms with van der Waals surface area (Å²) >= 11 is 0. The van der Waals surface area contributed by atoms with Gasteiger partial charge in [-0.3, -0.25) is 0 Å². The standard InChI is InChI=1S/C26H34P2/c1-25(2,3)28(26(4,5)6)24-19-13-14-21(24)20-27(22-15-9-7-10-16-22)23-17-11-8-12-18-23/h7-19,24H,20H2,1-6H3. The Hall–Kier alpha value is -1.22. The third-order valence-corrected chi connectivity index (χ3v) is 11.7. The van der Waals surface area contributed by atoms with Crippen LogP contribution in [0.1, 0.15) is 41.5 Å². The lowest BCUT2D eigenvalue weighted by atomic mass is 10.2. The number of hydrogen-bond acceptors (Lipinski definition) is 0. The van der Waals surface area contributed by atoms with Crippen LogP contribution in [0.5, 0.6) is 0 Å². The molecule has 0 heterocycles. The number of allylic oxidation sites excluding steroid dienone is 4. The van der Waals surface area contributed by atoms with Gasteiger partial charge in [0.25, 0.3) is 0 Å². The first-order chi connectivity index (χ1) is 13.2. The predicted octanol–water partition coefficient (Wildman–Crippen LogP) is 7.06. The molecule has 1 unspecified atom stereocenters. The molecule has 0 fully saturated rings. The third kappa shape index (κ3) is 5.03. The van der Waals surface area contributed by atoms with Crippen molar-refractivity contribution in [3.8, 4) is 0 Å². The summed E-state index contributed by atoms with van der Waals surface area (Å²) in [4.78, 5) is 0. The molecule has 0 nitrogen and oxygen atoms in total. The van der Waals surface area contributed by atoms with Gasteiger partial charge in [0.2, 0.25) is 0 Å². The van der Waals surface area contributed by atoms with Gasteiger partial charge in [0, 0.05) is 5.66 Å². The van der Waals surface area contributed by atoms with Crippen LogP contribution in [0.25, 0.3) is 0 Å². The fraction of sp³-hybridized carbons (Fsp3) is 0.385. The van der Waals surface area contributed by atoms with E-state index in [0.717, 1.165) is 6.16 Å². The van der Waals surface area contributed by atoms with Crippen molar-refractivity contribution < 1.29 is 0 Å². The lowest BCUT2D eigenvalue weighted by molar-refractivity contribution is 0.699. The number of rotatable bonds is 5. The Kier molecular flexibility index (Phi) is 6.64. The van der Waals surface area contributed by atoms with Crippen molar-refractivity contribution in [1.29, 1.82) is 0 Å². The molecule has 0 radical (unpaired) electrons. The summed E-state index contributed by atoms with van der Waals surface area (Å²) in [6, 6.07) is 22.2. The number of hydrogen-bond donors (Lipinski definition) is 0. The summed E-state index contributed by atoms with van der Waals surface area (Å²) < 4.78 is 0. The van der Waals surface area contributed by atoms with Crippen molar-refractivity contribution in [1.82, 2.24) is 0 Å². The summed E-state index contributed by atoms with van der Waals surface area (Å²) in [6.45, 7) is 14.6. The minimum atomic E-state index is -0.383. The zero-order valence-corrected chi connectivity index (χ0v) is 20.0. The molecule has 1 atom stereocenters. The average Bonchev–Trinajstić information content (AvgIpc) is 3.06. The fourth-order valence-corrected chi connectivity index (χ4v) is 11.5. The van der Waals surface area contributed by atoms with Crippen LogP contribution in [0.2, 0.25) is 0 Å². The van der Waals surface area contributed by atoms with Gasteiger partial charge >= 0.3 is 0 Å². The third-order valence-electron chi connectivity index (χ3n) is 5.18. The molecule has 0 bridgehead atoms. The van der Waals surface area contributed by atoms with Crippen LogP contribution >= 0.6 is 15.8 Å². The van der Waals surface area contributed by atoms with Crippen LogP contribution in [0.15, 0.2) is 84.5 Å². The molecule has 0 aliphatic heterocycles. The zero-order chi connectivity index (χ0) is 20.4. The first kappa shape index (κ1) is 21.5. The van der Waals surface area contributed by atoms with Gasteiger partial charge in [0.1, 0.15) is 0 Å². The largest absolute Gasteiger partial charge is 0.0843 e. The highest BCUT2D eigenvalue weighted by atomic mass is 31.1. The van der Waals surface area contributed by atoms with E-state index in [-0.39, 0.29) is 15.8 Å². The van der Waals surface area contributed by atoms with Gasteiger partial charge in [-0.2, -0.15) is 0 Å². The molecule has 0 spiro atoms. The quantitative estimate of drug-likeness (QED) is 0.465. The van der Waals surface area contributed by atoms with Gasteiger partial charge in [-0.25, -0.2) is 0 Å². The molecule has 0 saturated carbocycles. The molecule has 0 saturated heterocycles. The molecule has 3 rings (SSSR count). The highest BCUT2D eigenvalue weighted by Gasteiger charge is 2.41. The van der Waals surface area contributed by atoms with Crippen molar-refractivity contribution in [2.45, 2.75) is 57.5 Å². The molecule has 1 aliphatic carbocycles. The normalized spacial score (nSPS) is 17.4. The Morgan fingerprint density at radius 2 is 1.18 bits per heavy atom. The van der Waals surface area contributed by atoms with Gasteiger partial charge < -0.3 is 0 Å². The van der Waals surface area contributed by atoms with Crippen LogP contribution < -0.4 is 10.6 Å². The maximum atomic E-state index is 2.49. The predicted molar refractivity (Wildman–Crippen MR) is 131 cm³/mol. The molecule has 2 heteroatoms. The van der Waals surface area contributed by atoms with Crippen LogP contribution in [-0.2, 0) is 0 Å². The van der Waals surface area contributed by atoms with Gasteiger partial charge in [-0.15, -0.1) is 0 Å². The average molecular weight is 409 g/mol. The highest BCUT2D eigenvalue weighted by molar-refractivity contribution is 7.73. The van der Waals surface area contributed by atoms with E-state index in [9.17, 15) is 0 Å². The smallest absolute Gasteiger partial charge is 0.0199 e. The highest BCUT2D eigenvalue weighted by Crippen LogP contribution is 2.65. The Labute approximate surface area is 174 Å². The minimum absolute atomic E-state index is 0.196. The van der Waals surface area contributed by atoms with Crippen molar-refractivity contribution in [3.05, 3.63) is 84.5 Å². The van der Waals surface area contributed by atoms with E-state index in [1.54, 1.807) is 5.57 Å². The van der Waals surface area contributed by atoms with E-state index in [2.05, 4.69) is 120 Å². The van der Waals surface area contributed by atoms with Gasteiger partial charge in [0.05, 0.1) is 0 Å². The molecule has 0 N–H and O–H groups in total. The first-order valence-corrected chi connectivity index (χ1v) is 13.2. The molecule has 0 aromatic heterocycles. The van der Waals surface area contributed by atoms with Crippen molar-refractivity contribution in [3.63, 3.8) is 0 Å². The summed E-state index contributed by atoms with van der Waals surface area (Å²) in [5.74, 6) is 0. The minimum Gasteiger partial charge on any atom is -0.0843 e. The molecule has 2 aromatic carbocycles. The topological polar surface area (TPSA) is 0 Å². The molecular weight excluding hydrogens is 374 g/mol. The number of benzene rings is 2. The Morgan fingerprint density at radius 1 is 0.714 bits per heavy atom. The van der Waals surface area contributed by atoms with E-state index in [1.807, 2.05) is 0 Å². The van der Waals surface area contributed by atoms with E-state index >= 15 is 0 Å². The maximum absolute atomic E-state index is 2.49. The fourth-order valence-electron chi connectivity index (χ4n) is 4.48. The SMILES string of the molecule is CC(C)(C)P(C1C=CC=C1CP(c1ccccc1)c1ccccc1)C(C)(C)C. The molecule has 1 aliphatic rings. The van der Waals surface area contributed by atoms with Crippen LogP contribution in [0.3, 0.4) is 0 Å². The Morgan fingerprint density at radius 3 is 1.61 bits per heavy atom. The van der Waals surface area contributed by atoms with Gasteiger partial charge in [0.15, 0.2) is 0 Å². The van der Waals surface area contributed by atoms with Crippen LogP contribution in [0.4, 0.5) is 0 Å². The second-order valence-electron chi connectivity index (χ2n) is 9.54. The molecule has 148 valence electrons. The van der Waals surface area contributed by atoms with Crippen molar-refractivity contribution in [2.75, 3.05) is 6.16 Å². The van der Waals surface area contributed by atoms with Crippen molar-refractivity contribution in [2.24, 2.45) is 0 Å². The second kappa shape index (κ2) is 8.65. The summed E-state index contributed by atoms with van der Waals surface area (Å²) in [5.41, 5.74) is 2.22. The van der Waals surface area contributed by atoms with E-state index in [0.29, 0.717) is 16.0 Å². The second-order valence-corrected chi connectivity index (χ2v) is 15.7. The zero-order valence-electron chi connectivity index (χ0n) is 18.2. The van der Waals surface area contributed by atoms with Gasteiger partial charge in [-0.1, -0.05) is 134 Å². The molecule has 0 amide bonds. The first-order valence-electron chi connectivity index (χ1n) is 10.2. The van der Waals surface area contributed by atoms with Crippen molar-refractivity contribution >= 4 is 26.5 Å².